The van der Waals surface area contributed by atoms with Crippen molar-refractivity contribution < 1.29 is 4.42 Å². The molecule has 1 nitrogen and oxygen atoms in total. The molecule has 0 spiro atoms. The van der Waals surface area contributed by atoms with Crippen LogP contribution in [0.4, 0.5) is 0 Å². The predicted octanol–water partition coefficient (Wildman–Crippen LogP) is 16.9. The van der Waals surface area contributed by atoms with E-state index in [0.717, 1.165) is 55.3 Å². The van der Waals surface area contributed by atoms with Crippen molar-refractivity contribution in [2.75, 3.05) is 0 Å². The van der Waals surface area contributed by atoms with E-state index in [1.165, 1.54) is 55.6 Å². The van der Waals surface area contributed by atoms with Gasteiger partial charge in [-0.1, -0.05) is 194 Å². The molecule has 0 radical (unpaired) electrons. The Morgan fingerprint density at radius 2 is 0.426 bits per heavy atom. The minimum absolute atomic E-state index is 0.893. The maximum atomic E-state index is 7.02. The second-order valence-corrected chi connectivity index (χ2v) is 15.7. The molecule has 0 amide bonds. The Labute approximate surface area is 356 Å². The summed E-state index contributed by atoms with van der Waals surface area (Å²) in [6.45, 7) is 0. The number of hydrogen-bond donors (Lipinski definition) is 0. The number of hydrogen-bond acceptors (Lipinski definition) is 1. The zero-order valence-electron chi connectivity index (χ0n) is 33.5. The van der Waals surface area contributed by atoms with Crippen LogP contribution in [0.2, 0.25) is 0 Å². The fourth-order valence-corrected chi connectivity index (χ4v) is 8.79. The summed E-state index contributed by atoms with van der Waals surface area (Å²) >= 11 is 0. The van der Waals surface area contributed by atoms with Crippen LogP contribution in [0.5, 0.6) is 0 Å². The van der Waals surface area contributed by atoms with E-state index >= 15 is 0 Å². The Morgan fingerprint density at radius 3 is 0.754 bits per heavy atom. The standard InChI is InChI=1S/C60H40O/c1-5-17-41(18-6-1)49-35-50(42-19-7-2-8-20-42)38-53(37-49)45-25-13-27-47(33-45)55-29-15-31-57-58-32-16-30-56(60(58)61-59(55)57)48-28-14-26-46(34-48)54-39-51(43-21-9-3-10-22-43)36-52(40-54)44-23-11-4-12-24-44/h1-40H. The molecule has 0 N–H and O–H groups in total. The molecule has 11 rings (SSSR count). The van der Waals surface area contributed by atoms with Crippen LogP contribution in [0.1, 0.15) is 0 Å². The molecule has 0 aliphatic rings. The number of rotatable bonds is 8. The largest absolute Gasteiger partial charge is 0.455 e. The van der Waals surface area contributed by atoms with Crippen molar-refractivity contribution in [2.24, 2.45) is 0 Å². The van der Waals surface area contributed by atoms with Gasteiger partial charge < -0.3 is 4.42 Å². The molecule has 0 fully saturated rings. The lowest BCUT2D eigenvalue weighted by Gasteiger charge is -2.12. The third kappa shape index (κ3) is 7.03. The molecule has 11 aromatic rings. The molecular weight excluding hydrogens is 737 g/mol. The van der Waals surface area contributed by atoms with Gasteiger partial charge in [0.25, 0.3) is 0 Å². The average Bonchev–Trinajstić information content (AvgIpc) is 3.74. The van der Waals surface area contributed by atoms with Gasteiger partial charge in [-0.25, -0.2) is 0 Å². The summed E-state index contributed by atoms with van der Waals surface area (Å²) in [5.74, 6) is 0. The molecule has 0 saturated heterocycles. The Kier molecular flexibility index (Phi) is 9.26. The highest BCUT2D eigenvalue weighted by Crippen LogP contribution is 2.42. The summed E-state index contributed by atoms with van der Waals surface area (Å²) in [7, 11) is 0. The van der Waals surface area contributed by atoms with Gasteiger partial charge in [0.05, 0.1) is 0 Å². The zero-order valence-corrected chi connectivity index (χ0v) is 33.5. The topological polar surface area (TPSA) is 13.1 Å². The molecule has 61 heavy (non-hydrogen) atoms. The van der Waals surface area contributed by atoms with Gasteiger partial charge in [-0.15, -0.1) is 0 Å². The van der Waals surface area contributed by atoms with E-state index in [1.54, 1.807) is 0 Å². The average molecular weight is 777 g/mol. The lowest BCUT2D eigenvalue weighted by molar-refractivity contribution is 0.671. The van der Waals surface area contributed by atoms with Crippen molar-refractivity contribution in [2.45, 2.75) is 0 Å². The van der Waals surface area contributed by atoms with Gasteiger partial charge in [-0.2, -0.15) is 0 Å². The maximum Gasteiger partial charge on any atom is 0.143 e. The zero-order chi connectivity index (χ0) is 40.5. The molecule has 0 aliphatic carbocycles. The number of para-hydroxylation sites is 2. The number of furan rings is 1. The van der Waals surface area contributed by atoms with E-state index in [1.807, 2.05) is 0 Å². The number of fused-ring (bicyclic) bond motifs is 3. The fraction of sp³-hybridized carbons (Fsp3) is 0. The Hall–Kier alpha value is -8.00. The summed E-state index contributed by atoms with van der Waals surface area (Å²) in [6, 6.07) is 87.2. The summed E-state index contributed by atoms with van der Waals surface area (Å²) in [6.07, 6.45) is 0. The third-order valence-corrected chi connectivity index (χ3v) is 11.8. The first kappa shape index (κ1) is 36.1. The van der Waals surface area contributed by atoms with Gasteiger partial charge >= 0.3 is 0 Å². The second kappa shape index (κ2) is 15.6. The molecule has 286 valence electrons. The van der Waals surface area contributed by atoms with Crippen molar-refractivity contribution in [1.29, 1.82) is 0 Å². The van der Waals surface area contributed by atoms with E-state index in [-0.39, 0.29) is 0 Å². The van der Waals surface area contributed by atoms with Crippen LogP contribution >= 0.6 is 0 Å². The van der Waals surface area contributed by atoms with E-state index in [0.29, 0.717) is 0 Å². The molecule has 0 saturated carbocycles. The van der Waals surface area contributed by atoms with Crippen LogP contribution in [-0.4, -0.2) is 0 Å². The van der Waals surface area contributed by atoms with E-state index in [4.69, 9.17) is 4.42 Å². The van der Waals surface area contributed by atoms with Crippen LogP contribution in [0, 0.1) is 0 Å². The molecular formula is C60H40O. The van der Waals surface area contributed by atoms with Gasteiger partial charge in [0, 0.05) is 21.9 Å². The molecule has 10 aromatic carbocycles. The summed E-state index contributed by atoms with van der Waals surface area (Å²) in [5.41, 5.74) is 20.4. The first-order valence-corrected chi connectivity index (χ1v) is 20.9. The van der Waals surface area contributed by atoms with Gasteiger partial charge in [-0.05, 0) is 126 Å². The van der Waals surface area contributed by atoms with Crippen LogP contribution in [0.15, 0.2) is 247 Å². The monoisotopic (exact) mass is 776 g/mol. The first-order chi connectivity index (χ1) is 30.2. The lowest BCUT2D eigenvalue weighted by Crippen LogP contribution is -1.87. The van der Waals surface area contributed by atoms with Gasteiger partial charge in [-0.3, -0.25) is 0 Å². The Bertz CT molecular complexity index is 2990. The molecule has 1 heterocycles. The number of benzene rings is 10. The first-order valence-electron chi connectivity index (χ1n) is 20.9. The van der Waals surface area contributed by atoms with Crippen molar-refractivity contribution in [3.05, 3.63) is 243 Å². The highest BCUT2D eigenvalue weighted by molar-refractivity contribution is 6.13. The van der Waals surface area contributed by atoms with Crippen molar-refractivity contribution in [3.63, 3.8) is 0 Å². The summed E-state index contributed by atoms with van der Waals surface area (Å²) in [4.78, 5) is 0. The van der Waals surface area contributed by atoms with Crippen LogP contribution < -0.4 is 0 Å². The fourth-order valence-electron chi connectivity index (χ4n) is 8.79. The third-order valence-electron chi connectivity index (χ3n) is 11.8. The predicted molar refractivity (Wildman–Crippen MR) is 257 cm³/mol. The van der Waals surface area contributed by atoms with Gasteiger partial charge in [0.1, 0.15) is 11.2 Å². The van der Waals surface area contributed by atoms with E-state index in [2.05, 4.69) is 243 Å². The highest BCUT2D eigenvalue weighted by Gasteiger charge is 2.17. The molecule has 0 aliphatic heterocycles. The molecule has 1 heteroatoms. The van der Waals surface area contributed by atoms with Gasteiger partial charge in [0.15, 0.2) is 0 Å². The second-order valence-electron chi connectivity index (χ2n) is 15.7. The lowest BCUT2D eigenvalue weighted by atomic mass is 9.91. The quantitative estimate of drug-likeness (QED) is 0.150. The van der Waals surface area contributed by atoms with Crippen LogP contribution in [0.25, 0.3) is 111 Å². The molecule has 0 unspecified atom stereocenters. The van der Waals surface area contributed by atoms with Gasteiger partial charge in [0.2, 0.25) is 0 Å². The normalized spacial score (nSPS) is 11.3. The maximum absolute atomic E-state index is 7.02. The van der Waals surface area contributed by atoms with Crippen molar-refractivity contribution in [1.82, 2.24) is 0 Å². The SMILES string of the molecule is c1ccc(-c2cc(-c3ccccc3)cc(-c3cccc(-c4cccc5c4oc4c(-c6cccc(-c7cc(-c8ccccc8)cc(-c8ccccc8)c7)c6)cccc45)c3)c2)cc1. The molecule has 1 aromatic heterocycles. The minimum Gasteiger partial charge on any atom is -0.455 e. The summed E-state index contributed by atoms with van der Waals surface area (Å²) < 4.78 is 7.02. The van der Waals surface area contributed by atoms with Crippen LogP contribution in [0.3, 0.4) is 0 Å². The Balaban J connectivity index is 1.00. The van der Waals surface area contributed by atoms with Crippen molar-refractivity contribution >= 4 is 21.9 Å². The smallest absolute Gasteiger partial charge is 0.143 e. The minimum atomic E-state index is 0.893. The van der Waals surface area contributed by atoms with Crippen LogP contribution in [-0.2, 0) is 0 Å². The molecule has 0 bridgehead atoms. The van der Waals surface area contributed by atoms with E-state index < -0.39 is 0 Å². The van der Waals surface area contributed by atoms with E-state index in [9.17, 15) is 0 Å². The Morgan fingerprint density at radius 1 is 0.180 bits per heavy atom. The summed E-state index contributed by atoms with van der Waals surface area (Å²) in [5, 5.41) is 2.22. The molecule has 0 atom stereocenters. The van der Waals surface area contributed by atoms with Crippen molar-refractivity contribution in [3.8, 4) is 89.0 Å². The highest BCUT2D eigenvalue weighted by atomic mass is 16.3.